The highest BCUT2D eigenvalue weighted by Gasteiger charge is 2.15. The van der Waals surface area contributed by atoms with Crippen LogP contribution in [0.2, 0.25) is 0 Å². The topological polar surface area (TPSA) is 71.1 Å². The van der Waals surface area contributed by atoms with E-state index in [2.05, 4.69) is 15.6 Å². The first-order chi connectivity index (χ1) is 13.5. The maximum atomic E-state index is 13.8. The highest BCUT2D eigenvalue weighted by atomic mass is 32.1. The number of anilines is 1. The fourth-order valence-corrected chi connectivity index (χ4v) is 5.22. The molecule has 0 radical (unpaired) electrons. The summed E-state index contributed by atoms with van der Waals surface area (Å²) in [6.07, 6.45) is 0. The Kier molecular flexibility index (Phi) is 5.21. The molecule has 1 aromatic carbocycles. The van der Waals surface area contributed by atoms with Crippen LogP contribution in [0.5, 0.6) is 0 Å². The van der Waals surface area contributed by atoms with Crippen LogP contribution in [0.25, 0.3) is 20.7 Å². The van der Waals surface area contributed by atoms with E-state index in [0.29, 0.717) is 21.9 Å². The molecule has 0 saturated carbocycles. The summed E-state index contributed by atoms with van der Waals surface area (Å²) in [6, 6.07) is 10.2. The third kappa shape index (κ3) is 3.96. The van der Waals surface area contributed by atoms with Gasteiger partial charge in [0, 0.05) is 27.3 Å². The molecule has 4 aromatic rings. The summed E-state index contributed by atoms with van der Waals surface area (Å²) in [7, 11) is 0. The number of thiophene rings is 2. The Balaban J connectivity index is 1.47. The van der Waals surface area contributed by atoms with Crippen LogP contribution in [0.15, 0.2) is 41.8 Å². The van der Waals surface area contributed by atoms with Crippen molar-refractivity contribution in [3.05, 3.63) is 57.3 Å². The van der Waals surface area contributed by atoms with Gasteiger partial charge in [0.05, 0.1) is 22.0 Å². The van der Waals surface area contributed by atoms with Crippen molar-refractivity contribution >= 4 is 61.0 Å². The minimum absolute atomic E-state index is 0.0743. The second-order valence-electron chi connectivity index (χ2n) is 5.93. The Morgan fingerprint density at radius 2 is 2.04 bits per heavy atom. The molecule has 0 atom stereocenters. The quantitative estimate of drug-likeness (QED) is 0.461. The molecule has 0 aliphatic heterocycles. The molecule has 0 aliphatic rings. The summed E-state index contributed by atoms with van der Waals surface area (Å²) < 4.78 is 14.6. The summed E-state index contributed by atoms with van der Waals surface area (Å²) in [5.41, 5.74) is 0.766. The van der Waals surface area contributed by atoms with E-state index in [0.717, 1.165) is 20.1 Å². The number of rotatable bonds is 5. The third-order valence-electron chi connectivity index (χ3n) is 3.88. The lowest BCUT2D eigenvalue weighted by atomic mass is 10.2. The smallest absolute Gasteiger partial charge is 0.267 e. The maximum absolute atomic E-state index is 13.8. The van der Waals surface area contributed by atoms with Gasteiger partial charge in [-0.1, -0.05) is 6.07 Å². The van der Waals surface area contributed by atoms with Gasteiger partial charge >= 0.3 is 0 Å². The van der Waals surface area contributed by atoms with Crippen LogP contribution < -0.4 is 10.6 Å². The Morgan fingerprint density at radius 1 is 1.18 bits per heavy atom. The number of nitrogens with one attached hydrogen (secondary N) is 2. The summed E-state index contributed by atoms with van der Waals surface area (Å²) in [4.78, 5) is 30.4. The summed E-state index contributed by atoms with van der Waals surface area (Å²) in [6.45, 7) is 1.96. The molecule has 0 spiro atoms. The van der Waals surface area contributed by atoms with Crippen LogP contribution in [0.4, 0.5) is 9.52 Å². The number of thiazole rings is 1. The third-order valence-corrected chi connectivity index (χ3v) is 6.85. The Bertz CT molecular complexity index is 1180. The van der Waals surface area contributed by atoms with Gasteiger partial charge < -0.3 is 5.32 Å². The van der Waals surface area contributed by atoms with E-state index in [1.165, 1.54) is 47.0 Å². The first kappa shape index (κ1) is 18.7. The molecule has 5 nitrogen and oxygen atoms in total. The monoisotopic (exact) mass is 431 g/mol. The van der Waals surface area contributed by atoms with Crippen molar-refractivity contribution in [1.82, 2.24) is 10.3 Å². The number of benzene rings is 1. The zero-order chi connectivity index (χ0) is 19.7. The van der Waals surface area contributed by atoms with Crippen LogP contribution in [0.1, 0.15) is 21.5 Å². The zero-order valence-electron chi connectivity index (χ0n) is 14.6. The van der Waals surface area contributed by atoms with Gasteiger partial charge in [0.2, 0.25) is 5.91 Å². The molecule has 2 amide bonds. The van der Waals surface area contributed by atoms with Gasteiger partial charge in [-0.25, -0.2) is 9.37 Å². The number of aromatic nitrogens is 1. The second-order valence-corrected chi connectivity index (χ2v) is 9.04. The molecule has 0 fully saturated rings. The van der Waals surface area contributed by atoms with Gasteiger partial charge in [-0.2, -0.15) is 0 Å². The molecule has 28 heavy (non-hydrogen) atoms. The van der Waals surface area contributed by atoms with E-state index in [9.17, 15) is 14.0 Å². The highest BCUT2D eigenvalue weighted by molar-refractivity contribution is 7.21. The highest BCUT2D eigenvalue weighted by Crippen LogP contribution is 2.32. The van der Waals surface area contributed by atoms with Crippen LogP contribution in [0, 0.1) is 5.82 Å². The first-order valence-electron chi connectivity index (χ1n) is 8.28. The van der Waals surface area contributed by atoms with Gasteiger partial charge in [0.25, 0.3) is 5.91 Å². The van der Waals surface area contributed by atoms with E-state index in [1.54, 1.807) is 18.2 Å². The van der Waals surface area contributed by atoms with Gasteiger partial charge in [0.1, 0.15) is 5.82 Å². The molecule has 3 aromatic heterocycles. The number of hydrogen-bond donors (Lipinski definition) is 2. The Labute approximate surface area is 171 Å². The van der Waals surface area contributed by atoms with Crippen LogP contribution >= 0.6 is 34.0 Å². The molecule has 9 heteroatoms. The van der Waals surface area contributed by atoms with Crippen LogP contribution in [0.3, 0.4) is 0 Å². The van der Waals surface area contributed by atoms with Crippen molar-refractivity contribution in [1.29, 1.82) is 0 Å². The number of amides is 2. The average Bonchev–Trinajstić information content (AvgIpc) is 3.39. The number of nitrogens with zero attached hydrogens (tertiary/aromatic N) is 1. The average molecular weight is 432 g/mol. The molecule has 2 N–H and O–H groups in total. The maximum Gasteiger partial charge on any atom is 0.267 e. The largest absolute Gasteiger partial charge is 0.351 e. The normalized spacial score (nSPS) is 10.9. The van der Waals surface area contributed by atoms with Crippen molar-refractivity contribution in [3.8, 4) is 10.6 Å². The van der Waals surface area contributed by atoms with Crippen molar-refractivity contribution in [2.45, 2.75) is 13.5 Å². The Morgan fingerprint density at radius 3 is 2.82 bits per heavy atom. The van der Waals surface area contributed by atoms with Crippen molar-refractivity contribution in [3.63, 3.8) is 0 Å². The van der Waals surface area contributed by atoms with E-state index < -0.39 is 0 Å². The van der Waals surface area contributed by atoms with Crippen LogP contribution in [-0.4, -0.2) is 16.8 Å². The van der Waals surface area contributed by atoms with Crippen molar-refractivity contribution < 1.29 is 14.0 Å². The minimum Gasteiger partial charge on any atom is -0.351 e. The van der Waals surface area contributed by atoms with E-state index in [-0.39, 0.29) is 17.6 Å². The Hall–Kier alpha value is -2.62. The van der Waals surface area contributed by atoms with E-state index in [4.69, 9.17) is 0 Å². The standard InChI is InChI=1S/C19H14FN3O2S3/c1-10(24)21-8-11-5-6-16(27-11)14-9-26-19(22-14)23-18(25)17-7-12-13(20)3-2-4-15(12)28-17/h2-7,9H,8H2,1H3,(H,21,24)(H,22,23,25). The summed E-state index contributed by atoms with van der Waals surface area (Å²) >= 11 is 4.11. The molecule has 0 saturated heterocycles. The minimum atomic E-state index is -0.336. The summed E-state index contributed by atoms with van der Waals surface area (Å²) in [5, 5.41) is 8.34. The predicted molar refractivity (Wildman–Crippen MR) is 113 cm³/mol. The number of fused-ring (bicyclic) bond motifs is 1. The molecule has 0 aliphatic carbocycles. The van der Waals surface area contributed by atoms with E-state index in [1.807, 2.05) is 17.5 Å². The first-order valence-corrected chi connectivity index (χ1v) is 10.8. The molecule has 142 valence electrons. The summed E-state index contributed by atoms with van der Waals surface area (Å²) in [5.74, 6) is -0.717. The SMILES string of the molecule is CC(=O)NCc1ccc(-c2csc(NC(=O)c3cc4c(F)cccc4s3)n2)s1. The zero-order valence-corrected chi connectivity index (χ0v) is 17.1. The predicted octanol–water partition coefficient (Wildman–Crippen LogP) is 5.11. The lowest BCUT2D eigenvalue weighted by Gasteiger charge is -1.98. The number of carbonyl (C=O) groups is 2. The van der Waals surface area contributed by atoms with Crippen molar-refractivity contribution in [2.75, 3.05) is 5.32 Å². The van der Waals surface area contributed by atoms with Gasteiger partial charge in [-0.3, -0.25) is 14.9 Å². The van der Waals surface area contributed by atoms with E-state index >= 15 is 0 Å². The molecule has 0 unspecified atom stereocenters. The number of carbonyl (C=O) groups excluding carboxylic acids is 2. The molecule has 4 rings (SSSR count). The van der Waals surface area contributed by atoms with Crippen LogP contribution in [-0.2, 0) is 11.3 Å². The molecule has 0 bridgehead atoms. The molecular weight excluding hydrogens is 417 g/mol. The van der Waals surface area contributed by atoms with Crippen molar-refractivity contribution in [2.24, 2.45) is 0 Å². The van der Waals surface area contributed by atoms with Gasteiger partial charge in [-0.05, 0) is 30.3 Å². The fourth-order valence-electron chi connectivity index (χ4n) is 2.56. The lowest BCUT2D eigenvalue weighted by molar-refractivity contribution is -0.119. The second kappa shape index (κ2) is 7.78. The molecular formula is C19H14FN3O2S3. The van der Waals surface area contributed by atoms with Gasteiger partial charge in [0.15, 0.2) is 5.13 Å². The molecule has 3 heterocycles. The number of halogens is 1. The lowest BCUT2D eigenvalue weighted by Crippen LogP contribution is -2.17. The fraction of sp³-hybridized carbons (Fsp3) is 0.105. The number of hydrogen-bond acceptors (Lipinski definition) is 6. The van der Waals surface area contributed by atoms with Gasteiger partial charge in [-0.15, -0.1) is 34.0 Å².